The highest BCUT2D eigenvalue weighted by molar-refractivity contribution is 4.79. The van der Waals surface area contributed by atoms with Crippen LogP contribution in [0.25, 0.3) is 0 Å². The Kier molecular flexibility index (Phi) is 2.90. The van der Waals surface area contributed by atoms with Crippen molar-refractivity contribution in [3.63, 3.8) is 0 Å². The number of rotatable bonds is 2. The summed E-state index contributed by atoms with van der Waals surface area (Å²) >= 11 is 0. The Morgan fingerprint density at radius 3 is 2.73 bits per heavy atom. The number of piperidine rings is 1. The number of nitrogens with zero attached hydrogens (tertiary/aromatic N) is 1. The summed E-state index contributed by atoms with van der Waals surface area (Å²) < 4.78 is 0. The maximum absolute atomic E-state index is 5.51. The molecular weight excluding hydrogens is 136 g/mol. The average Bonchev–Trinajstić information content (AvgIpc) is 1.85. The molecule has 0 saturated carbocycles. The summed E-state index contributed by atoms with van der Waals surface area (Å²) in [5.41, 5.74) is 6.03. The minimum absolute atomic E-state index is 0.521. The molecule has 2 nitrogen and oxygen atoms in total. The van der Waals surface area contributed by atoms with E-state index in [1.54, 1.807) is 0 Å². The topological polar surface area (TPSA) is 29.3 Å². The normalized spacial score (nSPS) is 25.4. The predicted octanol–water partition coefficient (Wildman–Crippen LogP) is 1.07. The fraction of sp³-hybridized carbons (Fsp3) is 1.00. The zero-order chi connectivity index (χ0) is 8.32. The molecule has 0 aromatic carbocycles. The molecule has 1 aliphatic heterocycles. The third-order valence-electron chi connectivity index (χ3n) is 2.42. The summed E-state index contributed by atoms with van der Waals surface area (Å²) in [6, 6.07) is 0. The van der Waals surface area contributed by atoms with Crippen LogP contribution in [0.4, 0.5) is 0 Å². The van der Waals surface area contributed by atoms with Gasteiger partial charge in [-0.3, -0.25) is 0 Å². The lowest BCUT2D eigenvalue weighted by atomic mass is 9.84. The molecule has 66 valence electrons. The molecule has 0 unspecified atom stereocenters. The van der Waals surface area contributed by atoms with E-state index in [0.717, 1.165) is 13.1 Å². The van der Waals surface area contributed by atoms with Gasteiger partial charge in [0.1, 0.15) is 0 Å². The standard InChI is InChI=1S/C9H20N2/c1-9(2)4-3-6-11(8-9)7-5-10/h3-8,10H2,1-2H3. The lowest BCUT2D eigenvalue weighted by Crippen LogP contribution is -2.42. The molecule has 0 spiro atoms. The van der Waals surface area contributed by atoms with Crippen molar-refractivity contribution in [3.05, 3.63) is 0 Å². The highest BCUT2D eigenvalue weighted by Gasteiger charge is 2.25. The maximum atomic E-state index is 5.51. The Morgan fingerprint density at radius 2 is 2.18 bits per heavy atom. The lowest BCUT2D eigenvalue weighted by Gasteiger charge is -2.37. The van der Waals surface area contributed by atoms with Gasteiger partial charge in [-0.15, -0.1) is 0 Å². The molecule has 0 aliphatic carbocycles. The summed E-state index contributed by atoms with van der Waals surface area (Å²) in [4.78, 5) is 2.48. The van der Waals surface area contributed by atoms with Gasteiger partial charge in [0, 0.05) is 19.6 Å². The van der Waals surface area contributed by atoms with Crippen molar-refractivity contribution in [1.82, 2.24) is 4.90 Å². The van der Waals surface area contributed by atoms with Crippen molar-refractivity contribution in [1.29, 1.82) is 0 Å². The Morgan fingerprint density at radius 1 is 1.45 bits per heavy atom. The second kappa shape index (κ2) is 3.55. The van der Waals surface area contributed by atoms with Gasteiger partial charge in [-0.2, -0.15) is 0 Å². The molecule has 0 radical (unpaired) electrons. The van der Waals surface area contributed by atoms with Crippen LogP contribution >= 0.6 is 0 Å². The average molecular weight is 156 g/mol. The fourth-order valence-corrected chi connectivity index (χ4v) is 1.92. The van der Waals surface area contributed by atoms with Crippen molar-refractivity contribution < 1.29 is 0 Å². The van der Waals surface area contributed by atoms with E-state index in [2.05, 4.69) is 18.7 Å². The molecule has 0 bridgehead atoms. The van der Waals surface area contributed by atoms with Gasteiger partial charge in [0.05, 0.1) is 0 Å². The number of likely N-dealkylation sites (tertiary alicyclic amines) is 1. The third-order valence-corrected chi connectivity index (χ3v) is 2.42. The molecule has 2 heteroatoms. The van der Waals surface area contributed by atoms with Crippen LogP contribution in [-0.4, -0.2) is 31.1 Å². The van der Waals surface area contributed by atoms with Crippen LogP contribution in [0, 0.1) is 5.41 Å². The molecule has 0 aromatic rings. The van der Waals surface area contributed by atoms with Gasteiger partial charge in [0.2, 0.25) is 0 Å². The Hall–Kier alpha value is -0.0800. The van der Waals surface area contributed by atoms with Crippen molar-refractivity contribution in [2.75, 3.05) is 26.2 Å². The van der Waals surface area contributed by atoms with Gasteiger partial charge in [0.25, 0.3) is 0 Å². The van der Waals surface area contributed by atoms with E-state index in [0.29, 0.717) is 5.41 Å². The second-order valence-corrected chi connectivity index (χ2v) is 4.33. The summed E-state index contributed by atoms with van der Waals surface area (Å²) in [7, 11) is 0. The zero-order valence-corrected chi connectivity index (χ0v) is 7.77. The molecule has 0 aromatic heterocycles. The first-order valence-corrected chi connectivity index (χ1v) is 4.56. The van der Waals surface area contributed by atoms with Crippen LogP contribution in [0.15, 0.2) is 0 Å². The van der Waals surface area contributed by atoms with Crippen molar-refractivity contribution in [3.8, 4) is 0 Å². The molecule has 2 N–H and O–H groups in total. The largest absolute Gasteiger partial charge is 0.329 e. The second-order valence-electron chi connectivity index (χ2n) is 4.33. The Labute approximate surface area is 69.8 Å². The van der Waals surface area contributed by atoms with Crippen LogP contribution in [0.1, 0.15) is 26.7 Å². The highest BCUT2D eigenvalue weighted by Crippen LogP contribution is 2.27. The molecule has 0 atom stereocenters. The summed E-state index contributed by atoms with van der Waals surface area (Å²) in [5, 5.41) is 0. The first-order chi connectivity index (χ1) is 5.14. The molecule has 11 heavy (non-hydrogen) atoms. The predicted molar refractivity (Wildman–Crippen MR) is 48.5 cm³/mol. The molecule has 1 fully saturated rings. The van der Waals surface area contributed by atoms with Gasteiger partial charge in [0.15, 0.2) is 0 Å². The quantitative estimate of drug-likeness (QED) is 0.648. The molecule has 1 heterocycles. The molecule has 1 aliphatic rings. The van der Waals surface area contributed by atoms with Crippen LogP contribution in [0.5, 0.6) is 0 Å². The summed E-state index contributed by atoms with van der Waals surface area (Å²) in [6.07, 6.45) is 2.71. The van der Waals surface area contributed by atoms with Crippen molar-refractivity contribution in [2.45, 2.75) is 26.7 Å². The monoisotopic (exact) mass is 156 g/mol. The van der Waals surface area contributed by atoms with Gasteiger partial charge >= 0.3 is 0 Å². The smallest absolute Gasteiger partial charge is 0.0105 e. The molecule has 1 saturated heterocycles. The van der Waals surface area contributed by atoms with E-state index in [9.17, 15) is 0 Å². The van der Waals surface area contributed by atoms with Crippen molar-refractivity contribution >= 4 is 0 Å². The minimum Gasteiger partial charge on any atom is -0.329 e. The lowest BCUT2D eigenvalue weighted by molar-refractivity contribution is 0.121. The first kappa shape index (κ1) is 9.01. The van der Waals surface area contributed by atoms with E-state index in [1.165, 1.54) is 25.9 Å². The number of hydrogen-bond donors (Lipinski definition) is 1. The molecule has 0 amide bonds. The van der Waals surface area contributed by atoms with Crippen LogP contribution < -0.4 is 5.73 Å². The Balaban J connectivity index is 2.34. The minimum atomic E-state index is 0.521. The van der Waals surface area contributed by atoms with E-state index in [1.807, 2.05) is 0 Å². The summed E-state index contributed by atoms with van der Waals surface area (Å²) in [6.45, 7) is 9.04. The van der Waals surface area contributed by atoms with Crippen molar-refractivity contribution in [2.24, 2.45) is 11.1 Å². The molecule has 1 rings (SSSR count). The van der Waals surface area contributed by atoms with Gasteiger partial charge in [-0.25, -0.2) is 0 Å². The molecular formula is C9H20N2. The van der Waals surface area contributed by atoms with E-state index < -0.39 is 0 Å². The zero-order valence-electron chi connectivity index (χ0n) is 7.77. The first-order valence-electron chi connectivity index (χ1n) is 4.56. The highest BCUT2D eigenvalue weighted by atomic mass is 15.1. The van der Waals surface area contributed by atoms with Crippen LogP contribution in [0.2, 0.25) is 0 Å². The van der Waals surface area contributed by atoms with Gasteiger partial charge in [-0.1, -0.05) is 13.8 Å². The van der Waals surface area contributed by atoms with E-state index in [-0.39, 0.29) is 0 Å². The fourth-order valence-electron chi connectivity index (χ4n) is 1.92. The van der Waals surface area contributed by atoms with Gasteiger partial charge < -0.3 is 10.6 Å². The maximum Gasteiger partial charge on any atom is 0.0105 e. The van der Waals surface area contributed by atoms with E-state index >= 15 is 0 Å². The van der Waals surface area contributed by atoms with E-state index in [4.69, 9.17) is 5.73 Å². The number of hydrogen-bond acceptors (Lipinski definition) is 2. The summed E-state index contributed by atoms with van der Waals surface area (Å²) in [5.74, 6) is 0. The van der Waals surface area contributed by atoms with Crippen LogP contribution in [-0.2, 0) is 0 Å². The number of nitrogens with two attached hydrogens (primary N) is 1. The van der Waals surface area contributed by atoms with Gasteiger partial charge in [-0.05, 0) is 24.8 Å². The SMILES string of the molecule is CC1(C)CCCN(CCN)C1. The third kappa shape index (κ3) is 2.80. The van der Waals surface area contributed by atoms with Crippen LogP contribution in [0.3, 0.4) is 0 Å². The Bertz CT molecular complexity index is 119.